The number of para-hydroxylation sites is 2. The second kappa shape index (κ2) is 5.61. The summed E-state index contributed by atoms with van der Waals surface area (Å²) in [7, 11) is 4.12. The molecule has 1 N–H and O–H groups in total. The lowest BCUT2D eigenvalue weighted by molar-refractivity contribution is 0.836. The highest BCUT2D eigenvalue weighted by Crippen LogP contribution is 2.30. The van der Waals surface area contributed by atoms with Crippen LogP contribution >= 0.6 is 11.3 Å². The number of thiazole rings is 1. The highest BCUT2D eigenvalue weighted by Gasteiger charge is 2.14. The molecule has 2 rings (SSSR count). The summed E-state index contributed by atoms with van der Waals surface area (Å²) in [6, 6.07) is 8.56. The lowest BCUT2D eigenvalue weighted by atomic mass is 10.2. The Labute approximate surface area is 119 Å². The Kier molecular flexibility index (Phi) is 4.10. The number of benzene rings is 1. The molecule has 1 atom stereocenters. The zero-order chi connectivity index (χ0) is 14.0. The van der Waals surface area contributed by atoms with E-state index in [2.05, 4.69) is 74.3 Å². The van der Waals surface area contributed by atoms with E-state index in [4.69, 9.17) is 0 Å². The smallest absolute Gasteiger partial charge is 0.0901 e. The molecule has 1 aromatic carbocycles. The summed E-state index contributed by atoms with van der Waals surface area (Å²) in [6.07, 6.45) is 0. The summed E-state index contributed by atoms with van der Waals surface area (Å²) >= 11 is 1.76. The predicted molar refractivity (Wildman–Crippen MR) is 84.4 cm³/mol. The minimum atomic E-state index is 0.214. The number of aromatic nitrogens is 1. The van der Waals surface area contributed by atoms with Crippen LogP contribution in [0.15, 0.2) is 24.3 Å². The van der Waals surface area contributed by atoms with Crippen LogP contribution in [0, 0.1) is 13.8 Å². The van der Waals surface area contributed by atoms with Crippen molar-refractivity contribution in [2.45, 2.75) is 26.8 Å². The van der Waals surface area contributed by atoms with E-state index >= 15 is 0 Å². The molecule has 19 heavy (non-hydrogen) atoms. The molecule has 1 aromatic heterocycles. The SMILES string of the molecule is Cc1nc(C(C)Nc2ccccc2N(C)C)c(C)s1. The van der Waals surface area contributed by atoms with Crippen LogP contribution in [0.3, 0.4) is 0 Å². The van der Waals surface area contributed by atoms with Gasteiger partial charge >= 0.3 is 0 Å². The van der Waals surface area contributed by atoms with Crippen molar-refractivity contribution in [2.24, 2.45) is 0 Å². The molecule has 0 bridgehead atoms. The quantitative estimate of drug-likeness (QED) is 0.914. The van der Waals surface area contributed by atoms with E-state index in [1.54, 1.807) is 11.3 Å². The van der Waals surface area contributed by atoms with Gasteiger partial charge in [0.2, 0.25) is 0 Å². The van der Waals surface area contributed by atoms with E-state index in [0.29, 0.717) is 0 Å². The number of nitrogens with one attached hydrogen (secondary N) is 1. The van der Waals surface area contributed by atoms with Crippen LogP contribution in [0.4, 0.5) is 11.4 Å². The van der Waals surface area contributed by atoms with Crippen molar-refractivity contribution in [1.82, 2.24) is 4.98 Å². The molecule has 0 aliphatic rings. The van der Waals surface area contributed by atoms with Gasteiger partial charge in [-0.25, -0.2) is 4.98 Å². The monoisotopic (exact) mass is 275 g/mol. The Bertz CT molecular complexity index is 560. The highest BCUT2D eigenvalue weighted by molar-refractivity contribution is 7.11. The summed E-state index contributed by atoms with van der Waals surface area (Å²) in [5.41, 5.74) is 3.49. The van der Waals surface area contributed by atoms with Crippen molar-refractivity contribution in [1.29, 1.82) is 0 Å². The van der Waals surface area contributed by atoms with Crippen LogP contribution in [0.25, 0.3) is 0 Å². The first kappa shape index (κ1) is 13.9. The fourth-order valence-corrected chi connectivity index (χ4v) is 3.15. The Morgan fingerprint density at radius 2 is 1.89 bits per heavy atom. The fourth-order valence-electron chi connectivity index (χ4n) is 2.23. The van der Waals surface area contributed by atoms with Gasteiger partial charge in [0.1, 0.15) is 0 Å². The van der Waals surface area contributed by atoms with Crippen LogP contribution in [0.5, 0.6) is 0 Å². The molecule has 0 saturated carbocycles. The Morgan fingerprint density at radius 3 is 2.47 bits per heavy atom. The topological polar surface area (TPSA) is 28.2 Å². The first-order valence-corrected chi connectivity index (χ1v) is 7.27. The Morgan fingerprint density at radius 1 is 1.21 bits per heavy atom. The van der Waals surface area contributed by atoms with Gasteiger partial charge in [0.25, 0.3) is 0 Å². The van der Waals surface area contributed by atoms with Crippen molar-refractivity contribution in [3.8, 4) is 0 Å². The lowest BCUT2D eigenvalue weighted by Crippen LogP contribution is -2.14. The summed E-state index contributed by atoms with van der Waals surface area (Å²) in [5.74, 6) is 0. The van der Waals surface area contributed by atoms with Crippen LogP contribution in [-0.4, -0.2) is 19.1 Å². The minimum Gasteiger partial charge on any atom is -0.376 e. The Balaban J connectivity index is 2.24. The average molecular weight is 275 g/mol. The van der Waals surface area contributed by atoms with Gasteiger partial charge in [0.15, 0.2) is 0 Å². The van der Waals surface area contributed by atoms with Gasteiger partial charge in [0, 0.05) is 19.0 Å². The maximum atomic E-state index is 4.62. The van der Waals surface area contributed by atoms with E-state index in [9.17, 15) is 0 Å². The molecule has 0 aliphatic heterocycles. The summed E-state index contributed by atoms with van der Waals surface area (Å²) < 4.78 is 0. The van der Waals surface area contributed by atoms with Crippen molar-refractivity contribution in [2.75, 3.05) is 24.3 Å². The molecule has 1 heterocycles. The molecule has 4 heteroatoms. The summed E-state index contributed by atoms with van der Waals surface area (Å²) in [5, 5.41) is 4.69. The maximum Gasteiger partial charge on any atom is 0.0901 e. The third-order valence-corrected chi connectivity index (χ3v) is 4.01. The normalized spacial score (nSPS) is 12.3. The molecule has 1 unspecified atom stereocenters. The number of anilines is 2. The standard InChI is InChI=1S/C15H21N3S/c1-10(15-11(2)19-12(3)17-15)16-13-8-6-7-9-14(13)18(4)5/h6-10,16H,1-5H3. The highest BCUT2D eigenvalue weighted by atomic mass is 32.1. The first-order valence-electron chi connectivity index (χ1n) is 6.46. The Hall–Kier alpha value is -1.55. The average Bonchev–Trinajstić information content (AvgIpc) is 2.69. The van der Waals surface area contributed by atoms with Gasteiger partial charge in [0.05, 0.1) is 28.1 Å². The largest absolute Gasteiger partial charge is 0.376 e. The molecule has 0 spiro atoms. The number of hydrogen-bond acceptors (Lipinski definition) is 4. The first-order chi connectivity index (χ1) is 8.99. The molecule has 0 saturated heterocycles. The van der Waals surface area contributed by atoms with Crippen LogP contribution < -0.4 is 10.2 Å². The molecule has 0 amide bonds. The van der Waals surface area contributed by atoms with E-state index in [1.807, 2.05) is 0 Å². The maximum absolute atomic E-state index is 4.62. The van der Waals surface area contributed by atoms with Crippen molar-refractivity contribution in [3.63, 3.8) is 0 Å². The van der Waals surface area contributed by atoms with E-state index in [-0.39, 0.29) is 6.04 Å². The fraction of sp³-hybridized carbons (Fsp3) is 0.400. The summed E-state index contributed by atoms with van der Waals surface area (Å²) in [6.45, 7) is 6.35. The van der Waals surface area contributed by atoms with Crippen molar-refractivity contribution >= 4 is 22.7 Å². The zero-order valence-corrected chi connectivity index (χ0v) is 13.0. The van der Waals surface area contributed by atoms with E-state index in [1.165, 1.54) is 10.6 Å². The molecule has 2 aromatic rings. The van der Waals surface area contributed by atoms with Gasteiger partial charge in [-0.2, -0.15) is 0 Å². The third kappa shape index (κ3) is 3.07. The molecular formula is C15H21N3S. The van der Waals surface area contributed by atoms with Crippen LogP contribution in [0.1, 0.15) is 28.5 Å². The van der Waals surface area contributed by atoms with Gasteiger partial charge < -0.3 is 10.2 Å². The molecule has 0 aliphatic carbocycles. The van der Waals surface area contributed by atoms with Gasteiger partial charge in [-0.1, -0.05) is 12.1 Å². The second-order valence-corrected chi connectivity index (χ2v) is 6.36. The third-order valence-electron chi connectivity index (χ3n) is 3.11. The van der Waals surface area contributed by atoms with Gasteiger partial charge in [-0.15, -0.1) is 11.3 Å². The van der Waals surface area contributed by atoms with Crippen LogP contribution in [-0.2, 0) is 0 Å². The van der Waals surface area contributed by atoms with Crippen molar-refractivity contribution in [3.05, 3.63) is 39.8 Å². The number of aryl methyl sites for hydroxylation is 2. The zero-order valence-electron chi connectivity index (χ0n) is 12.2. The minimum absolute atomic E-state index is 0.214. The molecule has 0 fully saturated rings. The lowest BCUT2D eigenvalue weighted by Gasteiger charge is -2.21. The molecule has 3 nitrogen and oxygen atoms in total. The number of rotatable bonds is 4. The molecule has 0 radical (unpaired) electrons. The van der Waals surface area contributed by atoms with Crippen LogP contribution in [0.2, 0.25) is 0 Å². The van der Waals surface area contributed by atoms with E-state index < -0.39 is 0 Å². The number of nitrogens with zero attached hydrogens (tertiary/aromatic N) is 2. The number of hydrogen-bond donors (Lipinski definition) is 1. The van der Waals surface area contributed by atoms with E-state index in [0.717, 1.165) is 16.4 Å². The van der Waals surface area contributed by atoms with Crippen molar-refractivity contribution < 1.29 is 0 Å². The molecule has 102 valence electrons. The molecular weight excluding hydrogens is 254 g/mol. The van der Waals surface area contributed by atoms with Gasteiger partial charge in [-0.05, 0) is 32.9 Å². The second-order valence-electron chi connectivity index (χ2n) is 4.95. The van der Waals surface area contributed by atoms with Gasteiger partial charge in [-0.3, -0.25) is 0 Å². The summed E-state index contributed by atoms with van der Waals surface area (Å²) in [4.78, 5) is 8.03. The predicted octanol–water partition coefficient (Wildman–Crippen LogP) is 4.00.